The van der Waals surface area contributed by atoms with Gasteiger partial charge in [-0.1, -0.05) is 29.6 Å². The molecule has 0 spiro atoms. The first-order valence-corrected chi connectivity index (χ1v) is 10.1. The van der Waals surface area contributed by atoms with Crippen molar-refractivity contribution in [2.45, 2.75) is 31.7 Å². The number of carbonyl (C=O) groups is 1. The number of aromatic nitrogens is 3. The van der Waals surface area contributed by atoms with Crippen molar-refractivity contribution in [3.63, 3.8) is 0 Å². The van der Waals surface area contributed by atoms with Gasteiger partial charge in [-0.15, -0.1) is 0 Å². The van der Waals surface area contributed by atoms with Gasteiger partial charge >= 0.3 is 0 Å². The first kappa shape index (κ1) is 19.5. The number of rotatable bonds is 4. The number of likely N-dealkylation sites (tertiary alicyclic amines) is 1. The highest BCUT2D eigenvalue weighted by Crippen LogP contribution is 2.34. The molecule has 3 heterocycles. The molecule has 4 rings (SSSR count). The highest BCUT2D eigenvalue weighted by molar-refractivity contribution is 6.33. The van der Waals surface area contributed by atoms with Gasteiger partial charge in [0.2, 0.25) is 0 Å². The van der Waals surface area contributed by atoms with E-state index in [2.05, 4.69) is 10.3 Å². The van der Waals surface area contributed by atoms with E-state index in [4.69, 9.17) is 20.9 Å². The van der Waals surface area contributed by atoms with E-state index in [1.54, 1.807) is 14.2 Å². The smallest absolute Gasteiger partial charge is 0.274 e. The van der Waals surface area contributed by atoms with Crippen molar-refractivity contribution in [1.82, 2.24) is 19.8 Å². The zero-order valence-corrected chi connectivity index (χ0v) is 17.2. The molecule has 0 bridgehead atoms. The monoisotopic (exact) mass is 414 g/mol. The maximum atomic E-state index is 13.3. The van der Waals surface area contributed by atoms with Gasteiger partial charge in [0.1, 0.15) is 17.1 Å². The largest absolute Gasteiger partial charge is 0.497 e. The van der Waals surface area contributed by atoms with Crippen LogP contribution in [0, 0.1) is 0 Å². The predicted octanol–water partition coefficient (Wildman–Crippen LogP) is 4.49. The van der Waals surface area contributed by atoms with Crippen LogP contribution in [0.3, 0.4) is 0 Å². The molecule has 0 N–H and O–H groups in total. The second-order valence-corrected chi connectivity index (χ2v) is 7.58. The fourth-order valence-corrected chi connectivity index (χ4v) is 4.03. The van der Waals surface area contributed by atoms with Gasteiger partial charge in [-0.25, -0.2) is 0 Å². The first-order chi connectivity index (χ1) is 14.1. The quantitative estimate of drug-likeness (QED) is 0.628. The number of ether oxygens (including phenoxy) is 1. The van der Waals surface area contributed by atoms with Crippen LogP contribution in [0.4, 0.5) is 0 Å². The Hall–Kier alpha value is -2.80. The van der Waals surface area contributed by atoms with Crippen molar-refractivity contribution in [1.29, 1.82) is 0 Å². The lowest BCUT2D eigenvalue weighted by Gasteiger charge is -2.28. The van der Waals surface area contributed by atoms with Gasteiger partial charge in [0, 0.05) is 25.2 Å². The Morgan fingerprint density at radius 2 is 2.03 bits per heavy atom. The van der Waals surface area contributed by atoms with Crippen LogP contribution in [0.15, 0.2) is 41.1 Å². The molecule has 0 saturated carbocycles. The van der Waals surface area contributed by atoms with Crippen LogP contribution in [0.5, 0.6) is 5.75 Å². The fourth-order valence-electron chi connectivity index (χ4n) is 3.78. The Bertz CT molecular complexity index is 976. The van der Waals surface area contributed by atoms with Gasteiger partial charge in [-0.3, -0.25) is 9.48 Å². The SMILES string of the molecule is COc1ccc(-c2cc([C@H]3CCCCCN3C(=O)c3c(Cl)cnn3C)on2)cc1. The van der Waals surface area contributed by atoms with E-state index in [1.807, 2.05) is 35.2 Å². The Kier molecular flexibility index (Phi) is 5.58. The van der Waals surface area contributed by atoms with Gasteiger partial charge < -0.3 is 14.2 Å². The molecular formula is C21H23ClN4O3. The van der Waals surface area contributed by atoms with E-state index in [1.165, 1.54) is 10.9 Å². The number of benzene rings is 1. The van der Waals surface area contributed by atoms with E-state index < -0.39 is 0 Å². The molecular weight excluding hydrogens is 392 g/mol. The Balaban J connectivity index is 1.64. The summed E-state index contributed by atoms with van der Waals surface area (Å²) in [5.74, 6) is 1.33. The fraction of sp³-hybridized carbons (Fsp3) is 0.381. The van der Waals surface area contributed by atoms with Gasteiger partial charge in [-0.05, 0) is 37.1 Å². The van der Waals surface area contributed by atoms with Crippen LogP contribution in [-0.4, -0.2) is 39.4 Å². The van der Waals surface area contributed by atoms with Crippen LogP contribution in [0.25, 0.3) is 11.3 Å². The summed E-state index contributed by atoms with van der Waals surface area (Å²) in [7, 11) is 3.36. The number of methoxy groups -OCH3 is 1. The molecule has 1 aliphatic rings. The van der Waals surface area contributed by atoms with Crippen molar-refractivity contribution in [3.05, 3.63) is 53.0 Å². The predicted molar refractivity (Wildman–Crippen MR) is 109 cm³/mol. The van der Waals surface area contributed by atoms with Gasteiger partial charge in [0.05, 0.1) is 24.4 Å². The molecule has 1 fully saturated rings. The average Bonchev–Trinajstić information content (AvgIpc) is 3.26. The molecule has 152 valence electrons. The third-order valence-corrected chi connectivity index (χ3v) is 5.63. The van der Waals surface area contributed by atoms with Gasteiger partial charge in [-0.2, -0.15) is 5.10 Å². The molecule has 1 atom stereocenters. The highest BCUT2D eigenvalue weighted by atomic mass is 35.5. The van der Waals surface area contributed by atoms with Crippen molar-refractivity contribution < 1.29 is 14.1 Å². The maximum absolute atomic E-state index is 13.3. The Labute approximate surface area is 174 Å². The topological polar surface area (TPSA) is 73.4 Å². The minimum absolute atomic E-state index is 0.135. The van der Waals surface area contributed by atoms with Gasteiger partial charge in [0.15, 0.2) is 5.76 Å². The summed E-state index contributed by atoms with van der Waals surface area (Å²) in [6.07, 6.45) is 5.35. The summed E-state index contributed by atoms with van der Waals surface area (Å²) in [4.78, 5) is 15.1. The normalized spacial score (nSPS) is 17.2. The summed E-state index contributed by atoms with van der Waals surface area (Å²) in [6, 6.07) is 9.38. The second kappa shape index (κ2) is 8.29. The molecule has 29 heavy (non-hydrogen) atoms. The molecule has 7 nitrogen and oxygen atoms in total. The number of aryl methyl sites for hydroxylation is 1. The summed E-state index contributed by atoms with van der Waals surface area (Å²) >= 11 is 6.23. The molecule has 8 heteroatoms. The number of halogens is 1. The van der Waals surface area contributed by atoms with E-state index >= 15 is 0 Å². The van der Waals surface area contributed by atoms with Crippen LogP contribution in [-0.2, 0) is 7.05 Å². The molecule has 3 aromatic rings. The number of amides is 1. The lowest BCUT2D eigenvalue weighted by molar-refractivity contribution is 0.0640. The minimum Gasteiger partial charge on any atom is -0.497 e. The molecule has 1 aromatic carbocycles. The second-order valence-electron chi connectivity index (χ2n) is 7.17. The molecule has 1 amide bonds. The van der Waals surface area contributed by atoms with Crippen molar-refractivity contribution in [3.8, 4) is 17.0 Å². The summed E-state index contributed by atoms with van der Waals surface area (Å²) in [5, 5.41) is 8.70. The third-order valence-electron chi connectivity index (χ3n) is 5.35. The summed E-state index contributed by atoms with van der Waals surface area (Å²) in [5.41, 5.74) is 2.06. The molecule has 0 aliphatic carbocycles. The zero-order chi connectivity index (χ0) is 20.4. The summed E-state index contributed by atoms with van der Waals surface area (Å²) < 4.78 is 12.4. The first-order valence-electron chi connectivity index (χ1n) is 9.68. The molecule has 2 aromatic heterocycles. The Morgan fingerprint density at radius 1 is 1.24 bits per heavy atom. The number of carbonyl (C=O) groups excluding carboxylic acids is 1. The zero-order valence-electron chi connectivity index (χ0n) is 16.5. The summed E-state index contributed by atoms with van der Waals surface area (Å²) in [6.45, 7) is 0.642. The molecule has 0 unspecified atom stereocenters. The standard InChI is InChI=1S/C21H23ClN4O3/c1-25-20(16(22)13-23-25)21(27)26-11-5-3-4-6-18(26)19-12-17(24-29-19)14-7-9-15(28-2)10-8-14/h7-10,12-13,18H,3-6,11H2,1-2H3/t18-/m1/s1. The van der Waals surface area contributed by atoms with Crippen LogP contribution >= 0.6 is 11.6 Å². The number of hydrogen-bond acceptors (Lipinski definition) is 5. The van der Waals surface area contributed by atoms with E-state index in [9.17, 15) is 4.79 Å². The van der Waals surface area contributed by atoms with E-state index in [0.29, 0.717) is 23.0 Å². The number of nitrogens with zero attached hydrogens (tertiary/aromatic N) is 4. The average molecular weight is 415 g/mol. The van der Waals surface area contributed by atoms with Crippen molar-refractivity contribution in [2.75, 3.05) is 13.7 Å². The lowest BCUT2D eigenvalue weighted by atomic mass is 10.1. The number of hydrogen-bond donors (Lipinski definition) is 0. The van der Waals surface area contributed by atoms with Crippen LogP contribution < -0.4 is 4.74 Å². The van der Waals surface area contributed by atoms with Crippen LogP contribution in [0.2, 0.25) is 5.02 Å². The lowest BCUT2D eigenvalue weighted by Crippen LogP contribution is -2.36. The molecule has 1 saturated heterocycles. The molecule has 1 aliphatic heterocycles. The Morgan fingerprint density at radius 3 is 2.72 bits per heavy atom. The van der Waals surface area contributed by atoms with E-state index in [-0.39, 0.29) is 11.9 Å². The van der Waals surface area contributed by atoms with Crippen molar-refractivity contribution >= 4 is 17.5 Å². The van der Waals surface area contributed by atoms with Crippen molar-refractivity contribution in [2.24, 2.45) is 7.05 Å². The third kappa shape index (κ3) is 3.87. The maximum Gasteiger partial charge on any atom is 0.274 e. The van der Waals surface area contributed by atoms with E-state index in [0.717, 1.165) is 42.7 Å². The van der Waals surface area contributed by atoms with Crippen LogP contribution in [0.1, 0.15) is 48.0 Å². The van der Waals surface area contributed by atoms with Gasteiger partial charge in [0.25, 0.3) is 5.91 Å². The molecule has 0 radical (unpaired) electrons. The highest BCUT2D eigenvalue weighted by Gasteiger charge is 2.32. The minimum atomic E-state index is -0.185.